The van der Waals surface area contributed by atoms with Gasteiger partial charge in [-0.05, 0) is 35.4 Å². The third-order valence-corrected chi connectivity index (χ3v) is 5.18. The summed E-state index contributed by atoms with van der Waals surface area (Å²) in [6, 6.07) is 18.1. The van der Waals surface area contributed by atoms with Crippen LogP contribution in [0.1, 0.15) is 11.1 Å². The third kappa shape index (κ3) is 3.97. The molecule has 2 aromatic carbocycles. The number of rotatable bonds is 5. The number of hydrogen-bond acceptors (Lipinski definition) is 4. The summed E-state index contributed by atoms with van der Waals surface area (Å²) < 4.78 is 14.8. The summed E-state index contributed by atoms with van der Waals surface area (Å²) in [6.45, 7) is 0.299. The lowest BCUT2D eigenvalue weighted by Crippen LogP contribution is -2.28. The zero-order valence-electron chi connectivity index (χ0n) is 14.8. The fraction of sp³-hybridized carbons (Fsp3) is 0.0455. The van der Waals surface area contributed by atoms with Crippen LogP contribution in [0, 0.1) is 5.82 Å². The summed E-state index contributed by atoms with van der Waals surface area (Å²) >= 11 is 1.29. The van der Waals surface area contributed by atoms with Crippen molar-refractivity contribution in [1.29, 1.82) is 0 Å². The van der Waals surface area contributed by atoms with Gasteiger partial charge in [0, 0.05) is 18.5 Å². The lowest BCUT2D eigenvalue weighted by molar-refractivity contribution is -0.114. The largest absolute Gasteiger partial charge is 0.280 e. The Bertz CT molecular complexity index is 1130. The monoisotopic (exact) mass is 389 g/mol. The summed E-state index contributed by atoms with van der Waals surface area (Å²) in [4.78, 5) is 23.0. The van der Waals surface area contributed by atoms with Gasteiger partial charge in [-0.2, -0.15) is 0 Å². The topological polar surface area (TPSA) is 46.1 Å². The summed E-state index contributed by atoms with van der Waals surface area (Å²) in [5.41, 5.74) is 2.06. The Kier molecular flexibility index (Phi) is 5.21. The van der Waals surface area contributed by atoms with E-state index in [1.807, 2.05) is 42.5 Å². The molecule has 0 atom stereocenters. The SMILES string of the molecule is O=C(/C=C/c1ccccc1)N(Cc1cccnc1)c1nc2c(F)cccc2s1. The van der Waals surface area contributed by atoms with Crippen molar-refractivity contribution in [3.63, 3.8) is 0 Å². The van der Waals surface area contributed by atoms with Crippen LogP contribution in [0.4, 0.5) is 9.52 Å². The Morgan fingerprint density at radius 1 is 1.07 bits per heavy atom. The highest BCUT2D eigenvalue weighted by Crippen LogP contribution is 2.31. The Labute approximate surface area is 165 Å². The van der Waals surface area contributed by atoms with Crippen LogP contribution in [-0.4, -0.2) is 15.9 Å². The Balaban J connectivity index is 1.69. The molecule has 0 fully saturated rings. The number of carbonyl (C=O) groups excluding carboxylic acids is 1. The van der Waals surface area contributed by atoms with Gasteiger partial charge in [0.1, 0.15) is 11.3 Å². The first-order valence-electron chi connectivity index (χ1n) is 8.69. The molecule has 0 saturated carbocycles. The molecule has 0 aliphatic rings. The van der Waals surface area contributed by atoms with Gasteiger partial charge in [-0.1, -0.05) is 53.8 Å². The number of carbonyl (C=O) groups is 1. The molecular formula is C22H16FN3OS. The van der Waals surface area contributed by atoms with Crippen LogP contribution in [-0.2, 0) is 11.3 Å². The van der Waals surface area contributed by atoms with E-state index >= 15 is 0 Å². The van der Waals surface area contributed by atoms with E-state index in [4.69, 9.17) is 0 Å². The molecule has 2 aromatic heterocycles. The molecule has 0 radical (unpaired) electrons. The van der Waals surface area contributed by atoms with Crippen LogP contribution in [0.2, 0.25) is 0 Å². The molecule has 138 valence electrons. The predicted octanol–water partition coefficient (Wildman–Crippen LogP) is 5.08. The van der Waals surface area contributed by atoms with E-state index in [0.29, 0.717) is 16.4 Å². The molecule has 0 saturated heterocycles. The molecule has 1 amide bonds. The Morgan fingerprint density at radius 2 is 1.93 bits per heavy atom. The van der Waals surface area contributed by atoms with E-state index < -0.39 is 5.82 Å². The molecule has 0 unspecified atom stereocenters. The second kappa shape index (κ2) is 8.10. The average molecular weight is 389 g/mol. The number of amides is 1. The van der Waals surface area contributed by atoms with Crippen molar-refractivity contribution in [1.82, 2.24) is 9.97 Å². The maximum atomic E-state index is 14.1. The van der Waals surface area contributed by atoms with Gasteiger partial charge in [0.05, 0.1) is 11.2 Å². The molecule has 2 heterocycles. The van der Waals surface area contributed by atoms with E-state index in [1.165, 1.54) is 23.5 Å². The van der Waals surface area contributed by atoms with Gasteiger partial charge in [-0.15, -0.1) is 0 Å². The fourth-order valence-corrected chi connectivity index (χ4v) is 3.74. The highest BCUT2D eigenvalue weighted by Gasteiger charge is 2.19. The molecule has 0 spiro atoms. The zero-order chi connectivity index (χ0) is 19.3. The van der Waals surface area contributed by atoms with Crippen LogP contribution in [0.3, 0.4) is 0 Å². The summed E-state index contributed by atoms with van der Waals surface area (Å²) in [7, 11) is 0. The number of halogens is 1. The first-order chi connectivity index (χ1) is 13.7. The van der Waals surface area contributed by atoms with Gasteiger partial charge < -0.3 is 0 Å². The number of benzene rings is 2. The van der Waals surface area contributed by atoms with Crippen molar-refractivity contribution in [3.8, 4) is 0 Å². The van der Waals surface area contributed by atoms with Crippen molar-refractivity contribution >= 4 is 38.7 Å². The number of fused-ring (bicyclic) bond motifs is 1. The van der Waals surface area contributed by atoms with E-state index in [1.54, 1.807) is 35.5 Å². The maximum Gasteiger partial charge on any atom is 0.253 e. The van der Waals surface area contributed by atoms with Crippen LogP contribution >= 0.6 is 11.3 Å². The van der Waals surface area contributed by atoms with E-state index in [9.17, 15) is 9.18 Å². The number of nitrogens with zero attached hydrogens (tertiary/aromatic N) is 3. The molecule has 0 aliphatic heterocycles. The molecule has 28 heavy (non-hydrogen) atoms. The quantitative estimate of drug-likeness (QED) is 0.447. The molecule has 4 nitrogen and oxygen atoms in total. The molecule has 6 heteroatoms. The van der Waals surface area contributed by atoms with Crippen molar-refractivity contribution in [3.05, 3.63) is 96.1 Å². The van der Waals surface area contributed by atoms with Crippen molar-refractivity contribution in [2.75, 3.05) is 4.90 Å². The van der Waals surface area contributed by atoms with Gasteiger partial charge in [-0.25, -0.2) is 9.37 Å². The van der Waals surface area contributed by atoms with Gasteiger partial charge in [0.25, 0.3) is 5.91 Å². The normalized spacial score (nSPS) is 11.2. The smallest absolute Gasteiger partial charge is 0.253 e. The summed E-state index contributed by atoms with van der Waals surface area (Å²) in [6.07, 6.45) is 6.65. The first kappa shape index (κ1) is 18.0. The second-order valence-electron chi connectivity index (χ2n) is 6.11. The highest BCUT2D eigenvalue weighted by atomic mass is 32.1. The number of thiazole rings is 1. The van der Waals surface area contributed by atoms with Crippen LogP contribution in [0.5, 0.6) is 0 Å². The second-order valence-corrected chi connectivity index (χ2v) is 7.12. The first-order valence-corrected chi connectivity index (χ1v) is 9.51. The number of pyridine rings is 1. The van der Waals surface area contributed by atoms with Gasteiger partial charge >= 0.3 is 0 Å². The van der Waals surface area contributed by atoms with E-state index in [-0.39, 0.29) is 11.4 Å². The predicted molar refractivity (Wildman–Crippen MR) is 110 cm³/mol. The number of hydrogen-bond donors (Lipinski definition) is 0. The van der Waals surface area contributed by atoms with E-state index in [0.717, 1.165) is 11.1 Å². The van der Waals surface area contributed by atoms with E-state index in [2.05, 4.69) is 9.97 Å². The van der Waals surface area contributed by atoms with Crippen molar-refractivity contribution < 1.29 is 9.18 Å². The van der Waals surface area contributed by atoms with Gasteiger partial charge in [0.15, 0.2) is 5.13 Å². The lowest BCUT2D eigenvalue weighted by atomic mass is 10.2. The molecule has 0 bridgehead atoms. The summed E-state index contributed by atoms with van der Waals surface area (Å²) in [5.74, 6) is -0.624. The standard InChI is InChI=1S/C22H16FN3OS/c23-18-9-4-10-19-21(18)25-22(28-19)26(15-17-8-5-13-24-14-17)20(27)12-11-16-6-2-1-3-7-16/h1-14H,15H2/b12-11+. The minimum atomic E-state index is -0.395. The molecule has 0 aliphatic carbocycles. The number of aromatic nitrogens is 2. The lowest BCUT2D eigenvalue weighted by Gasteiger charge is -2.18. The Morgan fingerprint density at radius 3 is 2.68 bits per heavy atom. The average Bonchev–Trinajstić information content (AvgIpc) is 3.17. The molecule has 0 N–H and O–H groups in total. The number of para-hydroxylation sites is 1. The van der Waals surface area contributed by atoms with Gasteiger partial charge in [0.2, 0.25) is 0 Å². The van der Waals surface area contributed by atoms with Crippen LogP contribution in [0.25, 0.3) is 16.3 Å². The fourth-order valence-electron chi connectivity index (χ4n) is 2.75. The maximum absolute atomic E-state index is 14.1. The minimum Gasteiger partial charge on any atom is -0.280 e. The van der Waals surface area contributed by atoms with Crippen LogP contribution in [0.15, 0.2) is 79.1 Å². The van der Waals surface area contributed by atoms with Crippen LogP contribution < -0.4 is 4.90 Å². The third-order valence-electron chi connectivity index (χ3n) is 4.14. The van der Waals surface area contributed by atoms with Crippen molar-refractivity contribution in [2.45, 2.75) is 6.54 Å². The number of anilines is 1. The van der Waals surface area contributed by atoms with Gasteiger partial charge in [-0.3, -0.25) is 14.7 Å². The summed E-state index contributed by atoms with van der Waals surface area (Å²) in [5, 5.41) is 0.451. The minimum absolute atomic E-state index is 0.229. The zero-order valence-corrected chi connectivity index (χ0v) is 15.6. The molecule has 4 aromatic rings. The molecular weight excluding hydrogens is 373 g/mol. The highest BCUT2D eigenvalue weighted by molar-refractivity contribution is 7.22. The molecule has 4 rings (SSSR count). The van der Waals surface area contributed by atoms with Crippen molar-refractivity contribution in [2.24, 2.45) is 0 Å². The Hall–Kier alpha value is -3.38.